The van der Waals surface area contributed by atoms with E-state index in [4.69, 9.17) is 27.9 Å². The second-order valence-corrected chi connectivity index (χ2v) is 4.74. The van der Waals surface area contributed by atoms with Gasteiger partial charge in [0.25, 0.3) is 0 Å². The lowest BCUT2D eigenvalue weighted by atomic mass is 10.1. The molecular weight excluding hydrogens is 245 g/mol. The third-order valence-electron chi connectivity index (χ3n) is 2.14. The topological polar surface area (TPSA) is 21.3 Å². The van der Waals surface area contributed by atoms with Gasteiger partial charge in [0.2, 0.25) is 0 Å². The molecule has 0 bridgehead atoms. The molecule has 0 aliphatic rings. The van der Waals surface area contributed by atoms with E-state index in [-0.39, 0.29) is 12.2 Å². The van der Waals surface area contributed by atoms with Gasteiger partial charge in [0, 0.05) is 22.2 Å². The molecule has 1 aromatic rings. The summed E-state index contributed by atoms with van der Waals surface area (Å²) in [4.78, 5) is 0. The Morgan fingerprint density at radius 2 is 2.00 bits per heavy atom. The molecular formula is C12H17Cl2NO. The van der Waals surface area contributed by atoms with E-state index < -0.39 is 0 Å². The van der Waals surface area contributed by atoms with Crippen LogP contribution in [0, 0.1) is 0 Å². The fraction of sp³-hybridized carbons (Fsp3) is 0.500. The zero-order valence-corrected chi connectivity index (χ0v) is 11.3. The van der Waals surface area contributed by atoms with Crippen LogP contribution in [0.15, 0.2) is 18.2 Å². The van der Waals surface area contributed by atoms with E-state index in [0.717, 1.165) is 12.1 Å². The molecule has 1 aromatic carbocycles. The monoisotopic (exact) mass is 261 g/mol. The predicted molar refractivity (Wildman–Crippen MR) is 69.4 cm³/mol. The molecule has 0 fully saturated rings. The number of hydrogen-bond donors (Lipinski definition) is 1. The van der Waals surface area contributed by atoms with Crippen molar-refractivity contribution in [3.05, 3.63) is 33.8 Å². The molecule has 1 N–H and O–H groups in total. The third kappa shape index (κ3) is 3.95. The van der Waals surface area contributed by atoms with E-state index in [1.807, 2.05) is 33.0 Å². The smallest absolute Gasteiger partial charge is 0.0966 e. The van der Waals surface area contributed by atoms with Crippen LogP contribution < -0.4 is 5.32 Å². The standard InChI is InChI=1S/C12H17Cl2NO/c1-8(2)16-12(7-15-3)10-5-4-9(13)6-11(10)14/h4-6,8,12,15H,7H2,1-3H3/t12-/m1/s1. The van der Waals surface area contributed by atoms with Gasteiger partial charge >= 0.3 is 0 Å². The van der Waals surface area contributed by atoms with Crippen molar-refractivity contribution in [1.29, 1.82) is 0 Å². The zero-order valence-electron chi connectivity index (χ0n) is 9.76. The summed E-state index contributed by atoms with van der Waals surface area (Å²) < 4.78 is 5.81. The van der Waals surface area contributed by atoms with Gasteiger partial charge in [-0.15, -0.1) is 0 Å². The van der Waals surface area contributed by atoms with Crippen molar-refractivity contribution in [3.63, 3.8) is 0 Å². The van der Waals surface area contributed by atoms with Gasteiger partial charge in [-0.1, -0.05) is 29.3 Å². The van der Waals surface area contributed by atoms with Crippen molar-refractivity contribution in [1.82, 2.24) is 5.32 Å². The average Bonchev–Trinajstić information content (AvgIpc) is 2.16. The van der Waals surface area contributed by atoms with Gasteiger partial charge in [-0.2, -0.15) is 0 Å². The number of likely N-dealkylation sites (N-methyl/N-ethyl adjacent to an activating group) is 1. The fourth-order valence-electron chi connectivity index (χ4n) is 1.51. The lowest BCUT2D eigenvalue weighted by Gasteiger charge is -2.21. The SMILES string of the molecule is CNC[C@@H](OC(C)C)c1ccc(Cl)cc1Cl. The minimum atomic E-state index is -0.0465. The highest BCUT2D eigenvalue weighted by Gasteiger charge is 2.16. The van der Waals surface area contributed by atoms with Gasteiger partial charge < -0.3 is 10.1 Å². The molecule has 0 saturated carbocycles. The fourth-order valence-corrected chi connectivity index (χ4v) is 2.04. The molecule has 0 radical (unpaired) electrons. The summed E-state index contributed by atoms with van der Waals surface area (Å²) >= 11 is 12.0. The Bertz CT molecular complexity index is 342. The number of benzene rings is 1. The van der Waals surface area contributed by atoms with Crippen molar-refractivity contribution in [2.45, 2.75) is 26.1 Å². The molecule has 0 amide bonds. The second-order valence-electron chi connectivity index (χ2n) is 3.90. The number of hydrogen-bond acceptors (Lipinski definition) is 2. The van der Waals surface area contributed by atoms with Gasteiger partial charge in [0.1, 0.15) is 0 Å². The van der Waals surface area contributed by atoms with Crippen LogP contribution in [-0.2, 0) is 4.74 Å². The van der Waals surface area contributed by atoms with Crippen molar-refractivity contribution in [2.75, 3.05) is 13.6 Å². The molecule has 0 aliphatic carbocycles. The Kier molecular flexibility index (Phi) is 5.56. The van der Waals surface area contributed by atoms with Crippen molar-refractivity contribution < 1.29 is 4.74 Å². The second kappa shape index (κ2) is 6.45. The highest BCUT2D eigenvalue weighted by atomic mass is 35.5. The minimum absolute atomic E-state index is 0.0465. The quantitative estimate of drug-likeness (QED) is 0.874. The van der Waals surface area contributed by atoms with Gasteiger partial charge in [-0.3, -0.25) is 0 Å². The van der Waals surface area contributed by atoms with Gasteiger partial charge in [0.15, 0.2) is 0 Å². The first kappa shape index (κ1) is 13.8. The van der Waals surface area contributed by atoms with E-state index >= 15 is 0 Å². The van der Waals surface area contributed by atoms with E-state index in [9.17, 15) is 0 Å². The van der Waals surface area contributed by atoms with Crippen LogP contribution in [0.2, 0.25) is 10.0 Å². The molecule has 4 heteroatoms. The lowest BCUT2D eigenvalue weighted by molar-refractivity contribution is 0.00820. The molecule has 0 heterocycles. The summed E-state index contributed by atoms with van der Waals surface area (Å²) in [6.45, 7) is 4.73. The number of ether oxygens (including phenoxy) is 1. The Morgan fingerprint density at radius 1 is 1.31 bits per heavy atom. The zero-order chi connectivity index (χ0) is 12.1. The Labute approximate surface area is 107 Å². The van der Waals surface area contributed by atoms with E-state index in [0.29, 0.717) is 10.0 Å². The highest BCUT2D eigenvalue weighted by Crippen LogP contribution is 2.28. The third-order valence-corrected chi connectivity index (χ3v) is 2.70. The van der Waals surface area contributed by atoms with E-state index in [2.05, 4.69) is 5.32 Å². The molecule has 0 saturated heterocycles. The first-order valence-corrected chi connectivity index (χ1v) is 6.05. The van der Waals surface area contributed by atoms with Crippen molar-refractivity contribution >= 4 is 23.2 Å². The number of nitrogens with one attached hydrogen (secondary N) is 1. The van der Waals surface area contributed by atoms with Crippen LogP contribution in [-0.4, -0.2) is 19.7 Å². The van der Waals surface area contributed by atoms with Crippen LogP contribution in [0.5, 0.6) is 0 Å². The van der Waals surface area contributed by atoms with E-state index in [1.165, 1.54) is 0 Å². The van der Waals surface area contributed by atoms with Gasteiger partial charge in [-0.25, -0.2) is 0 Å². The summed E-state index contributed by atoms with van der Waals surface area (Å²) in [6, 6.07) is 5.48. The minimum Gasteiger partial charge on any atom is -0.369 e. The summed E-state index contributed by atoms with van der Waals surface area (Å²) in [5, 5.41) is 4.38. The number of rotatable bonds is 5. The summed E-state index contributed by atoms with van der Waals surface area (Å²) in [7, 11) is 1.89. The maximum atomic E-state index is 6.15. The first-order chi connectivity index (χ1) is 7.54. The molecule has 0 aliphatic heterocycles. The Balaban J connectivity index is 2.91. The maximum Gasteiger partial charge on any atom is 0.0966 e. The number of halogens is 2. The molecule has 0 spiro atoms. The molecule has 90 valence electrons. The predicted octanol–water partition coefficient (Wildman–Crippen LogP) is 3.68. The summed E-state index contributed by atoms with van der Waals surface area (Å²) in [6.07, 6.45) is 0.111. The van der Waals surface area contributed by atoms with Gasteiger partial charge in [-0.05, 0) is 33.0 Å². The lowest BCUT2D eigenvalue weighted by Crippen LogP contribution is -2.22. The molecule has 0 unspecified atom stereocenters. The van der Waals surface area contributed by atoms with Crippen LogP contribution in [0.25, 0.3) is 0 Å². The molecule has 16 heavy (non-hydrogen) atoms. The normalized spacial score (nSPS) is 13.1. The summed E-state index contributed by atoms with van der Waals surface area (Å²) in [5.74, 6) is 0. The Morgan fingerprint density at radius 3 is 2.50 bits per heavy atom. The maximum absolute atomic E-state index is 6.15. The molecule has 0 aromatic heterocycles. The van der Waals surface area contributed by atoms with Crippen LogP contribution in [0.1, 0.15) is 25.5 Å². The molecule has 1 atom stereocenters. The first-order valence-electron chi connectivity index (χ1n) is 5.29. The average molecular weight is 262 g/mol. The van der Waals surface area contributed by atoms with Crippen LogP contribution >= 0.6 is 23.2 Å². The van der Waals surface area contributed by atoms with Gasteiger partial charge in [0.05, 0.1) is 12.2 Å². The largest absolute Gasteiger partial charge is 0.369 e. The highest BCUT2D eigenvalue weighted by molar-refractivity contribution is 6.35. The van der Waals surface area contributed by atoms with E-state index in [1.54, 1.807) is 6.07 Å². The molecule has 2 nitrogen and oxygen atoms in total. The molecule has 1 rings (SSSR count). The van der Waals surface area contributed by atoms with Crippen molar-refractivity contribution in [3.8, 4) is 0 Å². The van der Waals surface area contributed by atoms with Crippen LogP contribution in [0.3, 0.4) is 0 Å². The Hall–Kier alpha value is -0.280. The van der Waals surface area contributed by atoms with Crippen molar-refractivity contribution in [2.24, 2.45) is 0 Å². The van der Waals surface area contributed by atoms with Crippen LogP contribution in [0.4, 0.5) is 0 Å². The summed E-state index contributed by atoms with van der Waals surface area (Å²) in [5.41, 5.74) is 0.967.